The smallest absolute Gasteiger partial charge is 0.330 e. The number of carbonyl (C=O) groups excluding carboxylic acids is 3. The maximum Gasteiger partial charge on any atom is 0.330 e. The standard InChI is InChI=1S/C22H27NO7S/c1-13(10-17-12-31-16(4)23-17)19-6-5-7-20(25)29-15(3)18(24)8-9-21(26)28-14(2)11-22(27)30-19/h5,7-10,12,14-15,18-19,24H,6,11H2,1-4H3/b7-5+,9-8+,13-10+/t14-,15-,18+,19-/m0/s1. The van der Waals surface area contributed by atoms with Crippen LogP contribution in [0.2, 0.25) is 0 Å². The zero-order chi connectivity index (χ0) is 23.0. The van der Waals surface area contributed by atoms with Crippen LogP contribution in [0.5, 0.6) is 0 Å². The van der Waals surface area contributed by atoms with Gasteiger partial charge in [-0.05, 0) is 45.4 Å². The number of carbonyl (C=O) groups is 3. The third kappa shape index (κ3) is 8.47. The molecule has 31 heavy (non-hydrogen) atoms. The summed E-state index contributed by atoms with van der Waals surface area (Å²) in [5.74, 6) is -1.94. The summed E-state index contributed by atoms with van der Waals surface area (Å²) >= 11 is 1.51. The van der Waals surface area contributed by atoms with Gasteiger partial charge in [-0.25, -0.2) is 14.6 Å². The first-order valence-electron chi connectivity index (χ1n) is 9.88. The summed E-state index contributed by atoms with van der Waals surface area (Å²) < 4.78 is 15.8. The first kappa shape index (κ1) is 24.5. The maximum absolute atomic E-state index is 12.4. The lowest BCUT2D eigenvalue weighted by atomic mass is 10.1. The zero-order valence-corrected chi connectivity index (χ0v) is 18.8. The first-order chi connectivity index (χ1) is 14.6. The van der Waals surface area contributed by atoms with Gasteiger partial charge in [0.15, 0.2) is 0 Å². The molecule has 0 saturated carbocycles. The van der Waals surface area contributed by atoms with Gasteiger partial charge in [0.05, 0.1) is 17.1 Å². The molecule has 1 aromatic heterocycles. The SMILES string of the molecule is C/C(=C\c1csc(C)n1)[C@@H]1C/C=C/C(=O)O[C@@H](C)[C@H](O)/C=C/C(=O)O[C@@H](C)CC(=O)O1. The van der Waals surface area contributed by atoms with Crippen LogP contribution >= 0.6 is 11.3 Å². The Bertz CT molecular complexity index is 886. The third-order valence-electron chi connectivity index (χ3n) is 4.38. The molecule has 1 N–H and O–H groups in total. The Morgan fingerprint density at radius 2 is 1.87 bits per heavy atom. The number of aryl methyl sites for hydroxylation is 1. The van der Waals surface area contributed by atoms with Crippen molar-refractivity contribution < 1.29 is 33.7 Å². The Kier molecular flexibility index (Phi) is 9.14. The van der Waals surface area contributed by atoms with Crippen molar-refractivity contribution in [1.82, 2.24) is 4.98 Å². The van der Waals surface area contributed by atoms with Gasteiger partial charge in [-0.3, -0.25) is 4.79 Å². The van der Waals surface area contributed by atoms with Gasteiger partial charge in [-0.15, -0.1) is 11.3 Å². The molecular weight excluding hydrogens is 422 g/mol. The highest BCUT2D eigenvalue weighted by Gasteiger charge is 2.21. The van der Waals surface area contributed by atoms with Gasteiger partial charge in [0.1, 0.15) is 24.4 Å². The van der Waals surface area contributed by atoms with Gasteiger partial charge in [-0.2, -0.15) is 0 Å². The summed E-state index contributed by atoms with van der Waals surface area (Å²) in [6.07, 6.45) is 3.48. The predicted octanol–water partition coefficient (Wildman–Crippen LogP) is 2.90. The Balaban J connectivity index is 2.23. The van der Waals surface area contributed by atoms with Crippen LogP contribution in [-0.4, -0.2) is 52.4 Å². The number of cyclic esters (lactones) is 3. The lowest BCUT2D eigenvalue weighted by molar-refractivity contribution is -0.153. The highest BCUT2D eigenvalue weighted by atomic mass is 32.1. The Morgan fingerprint density at radius 3 is 2.55 bits per heavy atom. The number of esters is 3. The highest BCUT2D eigenvalue weighted by Crippen LogP contribution is 2.19. The molecule has 0 saturated heterocycles. The summed E-state index contributed by atoms with van der Waals surface area (Å²) in [7, 11) is 0. The molecule has 0 amide bonds. The van der Waals surface area contributed by atoms with E-state index >= 15 is 0 Å². The fourth-order valence-corrected chi connectivity index (χ4v) is 3.30. The van der Waals surface area contributed by atoms with E-state index in [0.29, 0.717) is 0 Å². The van der Waals surface area contributed by atoms with Crippen LogP contribution < -0.4 is 0 Å². The minimum atomic E-state index is -1.18. The Hall–Kier alpha value is -2.78. The third-order valence-corrected chi connectivity index (χ3v) is 5.17. The fraction of sp³-hybridized carbons (Fsp3) is 0.455. The van der Waals surface area contributed by atoms with Gasteiger partial charge in [-0.1, -0.05) is 6.08 Å². The second-order valence-electron chi connectivity index (χ2n) is 7.24. The fourth-order valence-electron chi connectivity index (χ4n) is 2.73. The second kappa shape index (κ2) is 11.6. The molecule has 0 aromatic carbocycles. The van der Waals surface area contributed by atoms with Crippen molar-refractivity contribution in [1.29, 1.82) is 0 Å². The van der Waals surface area contributed by atoms with Crippen molar-refractivity contribution in [3.05, 3.63) is 46.0 Å². The molecule has 0 spiro atoms. The lowest BCUT2D eigenvalue weighted by Crippen LogP contribution is -2.27. The van der Waals surface area contributed by atoms with Crippen LogP contribution in [0.1, 0.15) is 44.3 Å². The predicted molar refractivity (Wildman–Crippen MR) is 115 cm³/mol. The second-order valence-corrected chi connectivity index (χ2v) is 8.30. The van der Waals surface area contributed by atoms with Crippen LogP contribution in [0.25, 0.3) is 6.08 Å². The van der Waals surface area contributed by atoms with Crippen molar-refractivity contribution in [3.8, 4) is 0 Å². The molecule has 0 bridgehead atoms. The summed E-state index contributed by atoms with van der Waals surface area (Å²) in [5.41, 5.74) is 1.50. The van der Waals surface area contributed by atoms with Crippen molar-refractivity contribution in [2.24, 2.45) is 0 Å². The van der Waals surface area contributed by atoms with E-state index in [2.05, 4.69) is 4.98 Å². The van der Waals surface area contributed by atoms with E-state index in [0.717, 1.165) is 22.4 Å². The number of thiazole rings is 1. The topological polar surface area (TPSA) is 112 Å². The molecule has 0 fully saturated rings. The molecule has 9 heteroatoms. The molecule has 8 nitrogen and oxygen atoms in total. The van der Waals surface area contributed by atoms with Crippen LogP contribution in [0.4, 0.5) is 0 Å². The quantitative estimate of drug-likeness (QED) is 0.542. The van der Waals surface area contributed by atoms with Crippen molar-refractivity contribution >= 4 is 35.3 Å². The molecular formula is C22H27NO7S. The van der Waals surface area contributed by atoms with Crippen LogP contribution in [0.3, 0.4) is 0 Å². The highest BCUT2D eigenvalue weighted by molar-refractivity contribution is 7.09. The normalized spacial score (nSPS) is 28.9. The number of aliphatic hydroxyl groups is 1. The number of nitrogens with zero attached hydrogens (tertiary/aromatic N) is 1. The Morgan fingerprint density at radius 1 is 1.16 bits per heavy atom. The molecule has 0 aliphatic carbocycles. The summed E-state index contributed by atoms with van der Waals surface area (Å²) in [6.45, 7) is 6.79. The molecule has 1 aliphatic heterocycles. The number of ether oxygens (including phenoxy) is 3. The van der Waals surface area contributed by atoms with Gasteiger partial charge < -0.3 is 19.3 Å². The minimum Gasteiger partial charge on any atom is -0.459 e. The molecule has 1 aliphatic rings. The molecule has 4 atom stereocenters. The molecule has 0 unspecified atom stereocenters. The molecule has 1 aromatic rings. The van der Waals surface area contributed by atoms with E-state index < -0.39 is 42.3 Å². The molecule has 2 rings (SSSR count). The summed E-state index contributed by atoms with van der Waals surface area (Å²) in [5, 5.41) is 12.8. The van der Waals surface area contributed by atoms with E-state index in [1.165, 1.54) is 30.4 Å². The lowest BCUT2D eigenvalue weighted by Gasteiger charge is -2.20. The average Bonchev–Trinajstić information content (AvgIpc) is 3.08. The molecule has 0 radical (unpaired) electrons. The van der Waals surface area contributed by atoms with E-state index in [1.54, 1.807) is 13.0 Å². The average molecular weight is 450 g/mol. The number of hydrogen-bond donors (Lipinski definition) is 1. The summed E-state index contributed by atoms with van der Waals surface area (Å²) in [4.78, 5) is 40.7. The van der Waals surface area contributed by atoms with E-state index in [-0.39, 0.29) is 12.8 Å². The van der Waals surface area contributed by atoms with Gasteiger partial charge in [0.2, 0.25) is 0 Å². The number of rotatable bonds is 2. The number of aromatic nitrogens is 1. The summed E-state index contributed by atoms with van der Waals surface area (Å²) in [6, 6.07) is 0. The van der Waals surface area contributed by atoms with Crippen molar-refractivity contribution in [2.75, 3.05) is 0 Å². The monoisotopic (exact) mass is 449 g/mol. The van der Waals surface area contributed by atoms with Gasteiger partial charge >= 0.3 is 17.9 Å². The van der Waals surface area contributed by atoms with E-state index in [4.69, 9.17) is 14.2 Å². The van der Waals surface area contributed by atoms with E-state index in [1.807, 2.05) is 25.3 Å². The zero-order valence-electron chi connectivity index (χ0n) is 17.9. The maximum atomic E-state index is 12.4. The largest absolute Gasteiger partial charge is 0.459 e. The van der Waals surface area contributed by atoms with Gasteiger partial charge in [0.25, 0.3) is 0 Å². The van der Waals surface area contributed by atoms with Crippen LogP contribution in [0, 0.1) is 6.92 Å². The Labute approximate surface area is 185 Å². The first-order valence-corrected chi connectivity index (χ1v) is 10.8. The van der Waals surface area contributed by atoms with Crippen molar-refractivity contribution in [2.45, 2.75) is 65.0 Å². The van der Waals surface area contributed by atoms with Crippen LogP contribution in [-0.2, 0) is 28.6 Å². The van der Waals surface area contributed by atoms with Gasteiger partial charge in [0, 0.05) is 24.0 Å². The number of aliphatic hydroxyl groups excluding tert-OH is 1. The molecule has 2 heterocycles. The van der Waals surface area contributed by atoms with E-state index in [9.17, 15) is 19.5 Å². The minimum absolute atomic E-state index is 0.135. The van der Waals surface area contributed by atoms with Crippen LogP contribution in [0.15, 0.2) is 35.3 Å². The van der Waals surface area contributed by atoms with Crippen molar-refractivity contribution in [3.63, 3.8) is 0 Å². The number of hydrogen-bond acceptors (Lipinski definition) is 9. The molecule has 168 valence electrons.